The second-order valence-electron chi connectivity index (χ2n) is 6.92. The fourth-order valence-corrected chi connectivity index (χ4v) is 3.72. The molecule has 1 N–H and O–H groups in total. The zero-order valence-electron chi connectivity index (χ0n) is 17.1. The van der Waals surface area contributed by atoms with E-state index >= 15 is 0 Å². The molecular formula is C21H27BrN4O3. The Morgan fingerprint density at radius 2 is 2.00 bits per heavy atom. The topological polar surface area (TPSA) is 66.9 Å². The molecule has 0 radical (unpaired) electrons. The number of carbonyl (C=O) groups excluding carboxylic acids is 1. The van der Waals surface area contributed by atoms with Gasteiger partial charge in [-0.2, -0.15) is 0 Å². The number of likely N-dealkylation sites (N-methyl/N-ethyl adjacent to an activating group) is 1. The summed E-state index contributed by atoms with van der Waals surface area (Å²) >= 11 is 3.45. The van der Waals surface area contributed by atoms with Crippen LogP contribution in [0.3, 0.4) is 0 Å². The van der Waals surface area contributed by atoms with E-state index in [9.17, 15) is 4.79 Å². The smallest absolute Gasteiger partial charge is 0.251 e. The second kappa shape index (κ2) is 9.93. The SMILES string of the molecule is CCOc1c(Br)cc(C(=O)NCc2ccc(N3CCN(C)CC3)nc2)cc1OC. The van der Waals surface area contributed by atoms with Crippen LogP contribution in [0.2, 0.25) is 0 Å². The highest BCUT2D eigenvalue weighted by Crippen LogP contribution is 2.36. The quantitative estimate of drug-likeness (QED) is 0.682. The molecule has 1 aliphatic heterocycles. The Morgan fingerprint density at radius 1 is 1.24 bits per heavy atom. The summed E-state index contributed by atoms with van der Waals surface area (Å²) in [6.07, 6.45) is 1.82. The van der Waals surface area contributed by atoms with Crippen molar-refractivity contribution in [3.8, 4) is 11.5 Å². The van der Waals surface area contributed by atoms with Crippen LogP contribution in [-0.4, -0.2) is 62.7 Å². The first kappa shape index (κ1) is 21.4. The molecule has 1 aromatic carbocycles. The van der Waals surface area contributed by atoms with E-state index in [-0.39, 0.29) is 5.91 Å². The van der Waals surface area contributed by atoms with Gasteiger partial charge in [0.05, 0.1) is 18.2 Å². The normalized spacial score (nSPS) is 14.6. The Kier molecular flexibility index (Phi) is 7.33. The minimum Gasteiger partial charge on any atom is -0.493 e. The van der Waals surface area contributed by atoms with Gasteiger partial charge in [0, 0.05) is 44.5 Å². The summed E-state index contributed by atoms with van der Waals surface area (Å²) in [4.78, 5) is 21.8. The number of methoxy groups -OCH3 is 1. The maximum atomic E-state index is 12.6. The summed E-state index contributed by atoms with van der Waals surface area (Å²) in [7, 11) is 3.69. The number of halogens is 1. The van der Waals surface area contributed by atoms with Gasteiger partial charge < -0.3 is 24.6 Å². The van der Waals surface area contributed by atoms with Gasteiger partial charge in [-0.25, -0.2) is 4.98 Å². The van der Waals surface area contributed by atoms with Crippen molar-refractivity contribution >= 4 is 27.7 Å². The Balaban J connectivity index is 1.61. The Morgan fingerprint density at radius 3 is 2.62 bits per heavy atom. The number of amides is 1. The van der Waals surface area contributed by atoms with Crippen LogP contribution in [0, 0.1) is 0 Å². The number of hydrogen-bond donors (Lipinski definition) is 1. The minimum absolute atomic E-state index is 0.185. The molecule has 7 nitrogen and oxygen atoms in total. The van der Waals surface area contributed by atoms with Gasteiger partial charge in [-0.15, -0.1) is 0 Å². The highest BCUT2D eigenvalue weighted by atomic mass is 79.9. The fourth-order valence-electron chi connectivity index (χ4n) is 3.16. The monoisotopic (exact) mass is 462 g/mol. The predicted molar refractivity (Wildman–Crippen MR) is 117 cm³/mol. The summed E-state index contributed by atoms with van der Waals surface area (Å²) in [6.45, 7) is 6.86. The lowest BCUT2D eigenvalue weighted by molar-refractivity contribution is 0.0950. The van der Waals surface area contributed by atoms with E-state index in [0.717, 1.165) is 37.6 Å². The van der Waals surface area contributed by atoms with Gasteiger partial charge in [-0.1, -0.05) is 6.07 Å². The molecule has 0 spiro atoms. The molecule has 0 saturated carbocycles. The zero-order valence-corrected chi connectivity index (χ0v) is 18.7. The number of pyridine rings is 1. The maximum Gasteiger partial charge on any atom is 0.251 e. The van der Waals surface area contributed by atoms with E-state index in [2.05, 4.69) is 43.1 Å². The van der Waals surface area contributed by atoms with Gasteiger partial charge in [-0.3, -0.25) is 4.79 Å². The summed E-state index contributed by atoms with van der Waals surface area (Å²) < 4.78 is 11.6. The van der Waals surface area contributed by atoms with Crippen molar-refractivity contribution in [2.75, 3.05) is 51.8 Å². The van der Waals surface area contributed by atoms with Crippen molar-refractivity contribution < 1.29 is 14.3 Å². The lowest BCUT2D eigenvalue weighted by Crippen LogP contribution is -2.44. The van der Waals surface area contributed by atoms with Gasteiger partial charge in [0.1, 0.15) is 5.82 Å². The third-order valence-corrected chi connectivity index (χ3v) is 5.46. The molecule has 8 heteroatoms. The number of nitrogens with zero attached hydrogens (tertiary/aromatic N) is 3. The molecular weight excluding hydrogens is 436 g/mol. The molecule has 1 amide bonds. The van der Waals surface area contributed by atoms with Crippen molar-refractivity contribution in [1.29, 1.82) is 0 Å². The largest absolute Gasteiger partial charge is 0.493 e. The first-order chi connectivity index (χ1) is 14.0. The molecule has 0 unspecified atom stereocenters. The van der Waals surface area contributed by atoms with Crippen LogP contribution in [0.25, 0.3) is 0 Å². The molecule has 2 aromatic rings. The van der Waals surface area contributed by atoms with Gasteiger partial charge in [-0.05, 0) is 53.7 Å². The first-order valence-corrected chi connectivity index (χ1v) is 10.5. The number of aromatic nitrogens is 1. The van der Waals surface area contributed by atoms with Crippen molar-refractivity contribution in [1.82, 2.24) is 15.2 Å². The molecule has 1 aromatic heterocycles. The number of ether oxygens (including phenoxy) is 2. The first-order valence-electron chi connectivity index (χ1n) is 9.68. The van der Waals surface area contributed by atoms with Gasteiger partial charge in [0.25, 0.3) is 5.91 Å². The van der Waals surface area contributed by atoms with Crippen molar-refractivity contribution in [3.05, 3.63) is 46.1 Å². The van der Waals surface area contributed by atoms with Crippen LogP contribution >= 0.6 is 15.9 Å². The van der Waals surface area contributed by atoms with E-state index < -0.39 is 0 Å². The Hall–Kier alpha value is -2.32. The number of rotatable bonds is 7. The van der Waals surface area contributed by atoms with Gasteiger partial charge in [0.2, 0.25) is 0 Å². The molecule has 1 aliphatic rings. The van der Waals surface area contributed by atoms with Crippen LogP contribution in [-0.2, 0) is 6.54 Å². The molecule has 2 heterocycles. The summed E-state index contributed by atoms with van der Waals surface area (Å²) in [5.74, 6) is 1.91. The van der Waals surface area contributed by atoms with Crippen LogP contribution in [0.15, 0.2) is 34.9 Å². The molecule has 0 atom stereocenters. The van der Waals surface area contributed by atoms with Crippen molar-refractivity contribution in [2.45, 2.75) is 13.5 Å². The second-order valence-corrected chi connectivity index (χ2v) is 7.77. The average Bonchev–Trinajstić information content (AvgIpc) is 2.74. The van der Waals surface area contributed by atoms with E-state index in [4.69, 9.17) is 9.47 Å². The fraction of sp³-hybridized carbons (Fsp3) is 0.429. The number of hydrogen-bond acceptors (Lipinski definition) is 6. The average molecular weight is 463 g/mol. The number of carbonyl (C=O) groups is 1. The molecule has 3 rings (SSSR count). The third-order valence-electron chi connectivity index (χ3n) is 4.87. The Bertz CT molecular complexity index is 837. The highest BCUT2D eigenvalue weighted by Gasteiger charge is 2.16. The predicted octanol–water partition coefficient (Wildman–Crippen LogP) is 2.93. The van der Waals surface area contributed by atoms with E-state index in [1.54, 1.807) is 19.2 Å². The summed E-state index contributed by atoms with van der Waals surface area (Å²) in [6, 6.07) is 7.44. The molecule has 0 aliphatic carbocycles. The summed E-state index contributed by atoms with van der Waals surface area (Å²) in [5.41, 5.74) is 1.45. The minimum atomic E-state index is -0.185. The van der Waals surface area contributed by atoms with Crippen molar-refractivity contribution in [3.63, 3.8) is 0 Å². The number of anilines is 1. The van der Waals surface area contributed by atoms with E-state index in [0.29, 0.717) is 34.7 Å². The van der Waals surface area contributed by atoms with E-state index in [1.807, 2.05) is 25.3 Å². The lowest BCUT2D eigenvalue weighted by Gasteiger charge is -2.33. The maximum absolute atomic E-state index is 12.6. The third kappa shape index (κ3) is 5.39. The van der Waals surface area contributed by atoms with Crippen LogP contribution < -0.4 is 19.7 Å². The molecule has 29 heavy (non-hydrogen) atoms. The highest BCUT2D eigenvalue weighted by molar-refractivity contribution is 9.10. The number of nitrogens with one attached hydrogen (secondary N) is 1. The number of piperazine rings is 1. The zero-order chi connectivity index (χ0) is 20.8. The van der Waals surface area contributed by atoms with Crippen LogP contribution in [0.1, 0.15) is 22.8 Å². The summed E-state index contributed by atoms with van der Waals surface area (Å²) in [5, 5.41) is 2.93. The van der Waals surface area contributed by atoms with Crippen LogP contribution in [0.4, 0.5) is 5.82 Å². The van der Waals surface area contributed by atoms with Gasteiger partial charge >= 0.3 is 0 Å². The lowest BCUT2D eigenvalue weighted by atomic mass is 10.1. The standard InChI is InChI=1S/C21H27BrN4O3/c1-4-29-20-17(22)11-16(12-18(20)28-3)21(27)24-14-15-5-6-19(23-13-15)26-9-7-25(2)8-10-26/h5-6,11-13H,4,7-10,14H2,1-3H3,(H,24,27). The number of benzene rings is 1. The van der Waals surface area contributed by atoms with Crippen LogP contribution in [0.5, 0.6) is 11.5 Å². The molecule has 1 fully saturated rings. The Labute approximate surface area is 180 Å². The van der Waals surface area contributed by atoms with E-state index in [1.165, 1.54) is 0 Å². The molecule has 156 valence electrons. The van der Waals surface area contributed by atoms with Gasteiger partial charge in [0.15, 0.2) is 11.5 Å². The molecule has 1 saturated heterocycles. The molecule has 0 bridgehead atoms. The van der Waals surface area contributed by atoms with Crippen molar-refractivity contribution in [2.24, 2.45) is 0 Å².